The molecule has 0 aromatic heterocycles. The Morgan fingerprint density at radius 1 is 0.588 bits per heavy atom. The van der Waals surface area contributed by atoms with Gasteiger partial charge in [0.1, 0.15) is 0 Å². The van der Waals surface area contributed by atoms with Crippen molar-refractivity contribution in [1.29, 1.82) is 0 Å². The van der Waals surface area contributed by atoms with Crippen LogP contribution in [0.2, 0.25) is 0 Å². The van der Waals surface area contributed by atoms with Gasteiger partial charge in [0.05, 0.1) is 5.41 Å². The second-order valence-electron chi connectivity index (χ2n) is 5.00. The minimum atomic E-state index is 0.160. The molecule has 17 heavy (non-hydrogen) atoms. The van der Waals surface area contributed by atoms with Crippen molar-refractivity contribution >= 4 is 11.1 Å². The van der Waals surface area contributed by atoms with Gasteiger partial charge in [-0.2, -0.15) is 0 Å². The van der Waals surface area contributed by atoms with Gasteiger partial charge in [0.2, 0.25) is 0 Å². The van der Waals surface area contributed by atoms with Crippen LogP contribution in [0.1, 0.15) is 22.3 Å². The number of hydrogen-bond acceptors (Lipinski definition) is 0. The van der Waals surface area contributed by atoms with E-state index in [1.54, 1.807) is 0 Å². The first-order valence-corrected chi connectivity index (χ1v) is 6.07. The fraction of sp³-hybridized carbons (Fsp3) is 0.0588. The fourth-order valence-corrected chi connectivity index (χ4v) is 3.84. The third-order valence-corrected chi connectivity index (χ3v) is 4.47. The van der Waals surface area contributed by atoms with E-state index in [9.17, 15) is 0 Å². The predicted octanol–water partition coefficient (Wildman–Crippen LogP) is 3.78. The first-order valence-electron chi connectivity index (χ1n) is 6.07. The van der Waals surface area contributed by atoms with Gasteiger partial charge in [-0.25, -0.2) is 0 Å². The molecule has 0 aliphatic heterocycles. The summed E-state index contributed by atoms with van der Waals surface area (Å²) in [7, 11) is 0. The van der Waals surface area contributed by atoms with E-state index >= 15 is 0 Å². The highest BCUT2D eigenvalue weighted by molar-refractivity contribution is 6.15. The Morgan fingerprint density at radius 3 is 1.59 bits per heavy atom. The van der Waals surface area contributed by atoms with Crippen LogP contribution in [0.15, 0.2) is 60.7 Å². The molecule has 2 aromatic carbocycles. The lowest BCUT2D eigenvalue weighted by atomic mass is 9.47. The van der Waals surface area contributed by atoms with Crippen molar-refractivity contribution in [3.63, 3.8) is 0 Å². The first kappa shape index (κ1) is 8.08. The first-order chi connectivity index (χ1) is 8.44. The van der Waals surface area contributed by atoms with Crippen LogP contribution in [0.3, 0.4) is 0 Å². The van der Waals surface area contributed by atoms with Gasteiger partial charge < -0.3 is 0 Å². The van der Waals surface area contributed by atoms with Crippen molar-refractivity contribution in [3.8, 4) is 0 Å². The number of allylic oxidation sites excluding steroid dienone is 4. The Kier molecular flexibility index (Phi) is 1.08. The smallest absolute Gasteiger partial charge is 0.0619 e. The third-order valence-electron chi connectivity index (χ3n) is 4.47. The molecule has 2 aromatic rings. The highest BCUT2D eigenvalue weighted by Gasteiger charge is 2.59. The summed E-state index contributed by atoms with van der Waals surface area (Å²) in [5.41, 5.74) is 9.03. The maximum atomic E-state index is 2.30. The zero-order chi connectivity index (χ0) is 11.0. The van der Waals surface area contributed by atoms with E-state index in [0.29, 0.717) is 0 Å². The Bertz CT molecular complexity index is 679. The van der Waals surface area contributed by atoms with Crippen LogP contribution >= 0.6 is 0 Å². The lowest BCUT2D eigenvalue weighted by Gasteiger charge is -2.53. The number of fused-ring (bicyclic) bond motifs is 4. The second kappa shape index (κ2) is 2.28. The number of benzene rings is 2. The van der Waals surface area contributed by atoms with Gasteiger partial charge in [-0.05, 0) is 33.4 Å². The monoisotopic (exact) mass is 214 g/mol. The molecule has 0 radical (unpaired) electrons. The van der Waals surface area contributed by atoms with Gasteiger partial charge in [-0.3, -0.25) is 0 Å². The van der Waals surface area contributed by atoms with Gasteiger partial charge in [0.15, 0.2) is 0 Å². The quantitative estimate of drug-likeness (QED) is 0.626. The summed E-state index contributed by atoms with van der Waals surface area (Å²) >= 11 is 0. The molecule has 0 N–H and O–H groups in total. The summed E-state index contributed by atoms with van der Waals surface area (Å²) in [5, 5.41) is 0. The zero-order valence-electron chi connectivity index (χ0n) is 9.27. The Labute approximate surface area is 99.9 Å². The molecular formula is C17H10. The minimum Gasteiger partial charge on any atom is -0.0619 e. The van der Waals surface area contributed by atoms with Crippen LogP contribution in [-0.2, 0) is 5.41 Å². The Balaban J connectivity index is 1.92. The van der Waals surface area contributed by atoms with Gasteiger partial charge >= 0.3 is 0 Å². The molecule has 0 heterocycles. The SMILES string of the molecule is C1=C2c3ccccc3C23C(=C1)c1ccccc13. The molecule has 0 saturated heterocycles. The largest absolute Gasteiger partial charge is 0.0725 e. The van der Waals surface area contributed by atoms with Gasteiger partial charge in [0, 0.05) is 0 Å². The molecule has 0 amide bonds. The fourth-order valence-electron chi connectivity index (χ4n) is 3.84. The van der Waals surface area contributed by atoms with Crippen LogP contribution in [-0.4, -0.2) is 0 Å². The molecule has 0 atom stereocenters. The van der Waals surface area contributed by atoms with Crippen molar-refractivity contribution in [2.45, 2.75) is 5.41 Å². The van der Waals surface area contributed by atoms with E-state index in [1.165, 1.54) is 33.4 Å². The zero-order valence-corrected chi connectivity index (χ0v) is 9.27. The molecule has 0 bridgehead atoms. The highest BCUT2D eigenvalue weighted by atomic mass is 14.6. The maximum absolute atomic E-state index is 2.30. The molecule has 0 nitrogen and oxygen atoms in total. The van der Waals surface area contributed by atoms with E-state index in [4.69, 9.17) is 0 Å². The van der Waals surface area contributed by atoms with Gasteiger partial charge in [-0.1, -0.05) is 60.7 Å². The van der Waals surface area contributed by atoms with Crippen molar-refractivity contribution in [2.24, 2.45) is 0 Å². The summed E-state index contributed by atoms with van der Waals surface area (Å²) in [6.07, 6.45) is 4.61. The van der Waals surface area contributed by atoms with E-state index in [-0.39, 0.29) is 5.41 Å². The summed E-state index contributed by atoms with van der Waals surface area (Å²) < 4.78 is 0. The number of hydrogen-bond donors (Lipinski definition) is 0. The lowest BCUT2D eigenvalue weighted by Crippen LogP contribution is -2.44. The average molecular weight is 214 g/mol. The standard InChI is InChI=1S/C17H10/c1-3-7-13-11(5-1)15-9-10-16-12-6-2-4-8-14(12)17(13,15)16/h1-10H. The molecule has 3 aliphatic carbocycles. The van der Waals surface area contributed by atoms with Crippen LogP contribution < -0.4 is 0 Å². The average Bonchev–Trinajstić information content (AvgIpc) is 2.64. The maximum Gasteiger partial charge on any atom is 0.0725 e. The molecule has 1 spiro atoms. The second-order valence-corrected chi connectivity index (χ2v) is 5.00. The number of rotatable bonds is 0. The van der Waals surface area contributed by atoms with Gasteiger partial charge in [0.25, 0.3) is 0 Å². The summed E-state index contributed by atoms with van der Waals surface area (Å²) in [6, 6.07) is 17.6. The van der Waals surface area contributed by atoms with E-state index in [2.05, 4.69) is 60.7 Å². The van der Waals surface area contributed by atoms with Crippen molar-refractivity contribution in [2.75, 3.05) is 0 Å². The summed E-state index contributed by atoms with van der Waals surface area (Å²) in [5.74, 6) is 0. The predicted molar refractivity (Wildman–Crippen MR) is 69.6 cm³/mol. The normalized spacial score (nSPS) is 19.8. The van der Waals surface area contributed by atoms with Crippen LogP contribution in [0, 0.1) is 0 Å². The van der Waals surface area contributed by atoms with E-state index in [0.717, 1.165) is 0 Å². The Morgan fingerprint density at radius 2 is 1.06 bits per heavy atom. The molecule has 0 unspecified atom stereocenters. The van der Waals surface area contributed by atoms with Crippen LogP contribution in [0.4, 0.5) is 0 Å². The summed E-state index contributed by atoms with van der Waals surface area (Å²) in [6.45, 7) is 0. The lowest BCUT2D eigenvalue weighted by molar-refractivity contribution is 0.760. The van der Waals surface area contributed by atoms with Crippen molar-refractivity contribution in [1.82, 2.24) is 0 Å². The summed E-state index contributed by atoms with van der Waals surface area (Å²) in [4.78, 5) is 0. The highest BCUT2D eigenvalue weighted by Crippen LogP contribution is 2.70. The van der Waals surface area contributed by atoms with Crippen molar-refractivity contribution < 1.29 is 0 Å². The van der Waals surface area contributed by atoms with Gasteiger partial charge in [-0.15, -0.1) is 0 Å². The van der Waals surface area contributed by atoms with Crippen LogP contribution in [0.5, 0.6) is 0 Å². The molecule has 0 saturated carbocycles. The molecule has 0 fully saturated rings. The topological polar surface area (TPSA) is 0 Å². The molecular weight excluding hydrogens is 204 g/mol. The van der Waals surface area contributed by atoms with E-state index in [1.807, 2.05) is 0 Å². The van der Waals surface area contributed by atoms with Crippen molar-refractivity contribution in [3.05, 3.63) is 82.9 Å². The van der Waals surface area contributed by atoms with E-state index < -0.39 is 0 Å². The molecule has 5 rings (SSSR count). The molecule has 78 valence electrons. The third kappa shape index (κ3) is 0.610. The molecule has 0 heteroatoms. The molecule has 3 aliphatic rings. The van der Waals surface area contributed by atoms with Crippen LogP contribution in [0.25, 0.3) is 11.1 Å². The minimum absolute atomic E-state index is 0.160. The Hall–Kier alpha value is -2.08.